The predicted molar refractivity (Wildman–Crippen MR) is 80.1 cm³/mol. The fraction of sp³-hybridized carbons (Fsp3) is 0.0667. The predicted octanol–water partition coefficient (Wildman–Crippen LogP) is 2.21. The molecule has 0 radical (unpaired) electrons. The topological polar surface area (TPSA) is 79.4 Å². The lowest BCUT2D eigenvalue weighted by molar-refractivity contribution is 0.0692. The molecule has 1 N–H and O–H groups in total. The van der Waals surface area contributed by atoms with Crippen molar-refractivity contribution in [1.82, 2.24) is 9.88 Å². The van der Waals surface area contributed by atoms with Crippen molar-refractivity contribution in [2.45, 2.75) is 0 Å². The average molecular weight is 316 g/mol. The minimum Gasteiger partial charge on any atom is -0.322 e. The second kappa shape index (κ2) is 5.23. The Bertz CT molecular complexity index is 819. The Morgan fingerprint density at radius 3 is 2.64 bits per heavy atom. The molecule has 22 heavy (non-hydrogen) atoms. The molecule has 1 aliphatic heterocycles. The Hall–Kier alpha value is -2.73. The normalized spacial score (nSPS) is 13.3. The second-order valence-corrected chi connectivity index (χ2v) is 5.08. The van der Waals surface area contributed by atoms with Crippen molar-refractivity contribution in [2.75, 3.05) is 12.4 Å². The zero-order valence-electron chi connectivity index (χ0n) is 11.5. The van der Waals surface area contributed by atoms with Crippen LogP contribution in [0.25, 0.3) is 0 Å². The molecular formula is C15H10ClN3O3. The molecule has 1 aromatic heterocycles. The Morgan fingerprint density at radius 2 is 1.91 bits per heavy atom. The van der Waals surface area contributed by atoms with Crippen LogP contribution in [0.1, 0.15) is 31.1 Å². The van der Waals surface area contributed by atoms with Crippen LogP contribution in [0.2, 0.25) is 5.15 Å². The number of halogens is 1. The molecule has 7 heteroatoms. The number of anilines is 1. The third-order valence-electron chi connectivity index (χ3n) is 3.35. The molecular weight excluding hydrogens is 306 g/mol. The number of nitrogens with zero attached hydrogens (tertiary/aromatic N) is 2. The van der Waals surface area contributed by atoms with Crippen LogP contribution in [0, 0.1) is 0 Å². The number of aromatic nitrogens is 1. The number of fused-ring (bicyclic) bond motifs is 1. The molecule has 1 aliphatic rings. The van der Waals surface area contributed by atoms with Gasteiger partial charge in [0.2, 0.25) is 0 Å². The Balaban J connectivity index is 1.90. The van der Waals surface area contributed by atoms with Crippen molar-refractivity contribution in [3.63, 3.8) is 0 Å². The maximum Gasteiger partial charge on any atom is 0.261 e. The summed E-state index contributed by atoms with van der Waals surface area (Å²) in [6.07, 6.45) is 1.48. The first-order chi connectivity index (χ1) is 10.5. The first-order valence-corrected chi connectivity index (χ1v) is 6.75. The summed E-state index contributed by atoms with van der Waals surface area (Å²) in [6, 6.07) is 7.69. The van der Waals surface area contributed by atoms with Crippen molar-refractivity contribution < 1.29 is 14.4 Å². The minimum absolute atomic E-state index is 0.0900. The van der Waals surface area contributed by atoms with Gasteiger partial charge in [-0.2, -0.15) is 0 Å². The van der Waals surface area contributed by atoms with Crippen LogP contribution in [0.3, 0.4) is 0 Å². The van der Waals surface area contributed by atoms with Gasteiger partial charge in [0.15, 0.2) is 0 Å². The van der Waals surface area contributed by atoms with Crippen molar-refractivity contribution >= 4 is 35.0 Å². The zero-order chi connectivity index (χ0) is 15.9. The third kappa shape index (κ3) is 2.23. The van der Waals surface area contributed by atoms with E-state index < -0.39 is 11.8 Å². The number of nitrogens with one attached hydrogen (secondary N) is 1. The molecule has 0 saturated carbocycles. The van der Waals surface area contributed by atoms with Gasteiger partial charge in [0, 0.05) is 18.9 Å². The summed E-state index contributed by atoms with van der Waals surface area (Å²) in [5.74, 6) is -1.19. The molecule has 2 aromatic rings. The fourth-order valence-corrected chi connectivity index (χ4v) is 2.40. The van der Waals surface area contributed by atoms with E-state index in [0.29, 0.717) is 11.3 Å². The summed E-state index contributed by atoms with van der Waals surface area (Å²) in [5, 5.41) is 2.72. The van der Waals surface area contributed by atoms with Crippen LogP contribution < -0.4 is 5.32 Å². The van der Waals surface area contributed by atoms with Crippen molar-refractivity contribution in [3.05, 3.63) is 58.4 Å². The van der Waals surface area contributed by atoms with Crippen LogP contribution in [0.4, 0.5) is 5.69 Å². The van der Waals surface area contributed by atoms with E-state index in [0.717, 1.165) is 4.90 Å². The summed E-state index contributed by atoms with van der Waals surface area (Å²) < 4.78 is 0. The smallest absolute Gasteiger partial charge is 0.261 e. The number of hydrogen-bond donors (Lipinski definition) is 1. The standard InChI is InChI=1S/C15H10ClN3O3/c1-19-14(21)9-5-4-8(7-11(9)15(19)22)18-13(20)10-3-2-6-17-12(10)16/h2-7H,1H3,(H,18,20). The van der Waals surface area contributed by atoms with Crippen LogP contribution in [-0.4, -0.2) is 34.7 Å². The van der Waals surface area contributed by atoms with Crippen LogP contribution in [0.15, 0.2) is 36.5 Å². The van der Waals surface area contributed by atoms with Gasteiger partial charge in [0.25, 0.3) is 17.7 Å². The Kier molecular flexibility index (Phi) is 3.38. The van der Waals surface area contributed by atoms with Crippen molar-refractivity contribution in [1.29, 1.82) is 0 Å². The SMILES string of the molecule is CN1C(=O)c2ccc(NC(=O)c3cccnc3Cl)cc2C1=O. The van der Waals surface area contributed by atoms with Gasteiger partial charge in [-0.3, -0.25) is 19.3 Å². The van der Waals surface area contributed by atoms with Crippen molar-refractivity contribution in [3.8, 4) is 0 Å². The number of carbonyl (C=O) groups excluding carboxylic acids is 3. The van der Waals surface area contributed by atoms with Crippen LogP contribution in [-0.2, 0) is 0 Å². The molecule has 0 bridgehead atoms. The first kappa shape index (κ1) is 14.2. The molecule has 1 aromatic carbocycles. The average Bonchev–Trinajstić information content (AvgIpc) is 2.72. The van der Waals surface area contributed by atoms with Gasteiger partial charge >= 0.3 is 0 Å². The second-order valence-electron chi connectivity index (χ2n) is 4.73. The molecule has 110 valence electrons. The first-order valence-electron chi connectivity index (χ1n) is 6.37. The summed E-state index contributed by atoms with van der Waals surface area (Å²) in [6.45, 7) is 0. The molecule has 0 fully saturated rings. The van der Waals surface area contributed by atoms with Gasteiger partial charge in [0.1, 0.15) is 5.15 Å². The summed E-state index contributed by atoms with van der Waals surface area (Å²) in [7, 11) is 1.42. The molecule has 0 saturated heterocycles. The number of carbonyl (C=O) groups is 3. The quantitative estimate of drug-likeness (QED) is 0.680. The lowest BCUT2D eigenvalue weighted by atomic mass is 10.1. The van der Waals surface area contributed by atoms with Gasteiger partial charge < -0.3 is 5.32 Å². The highest BCUT2D eigenvalue weighted by atomic mass is 35.5. The molecule has 2 heterocycles. The number of pyridine rings is 1. The van der Waals surface area contributed by atoms with E-state index in [2.05, 4.69) is 10.3 Å². The number of amides is 3. The summed E-state index contributed by atoms with van der Waals surface area (Å²) in [5.41, 5.74) is 1.22. The van der Waals surface area contributed by atoms with E-state index >= 15 is 0 Å². The molecule has 0 atom stereocenters. The van der Waals surface area contributed by atoms with E-state index in [-0.39, 0.29) is 22.2 Å². The molecule has 0 unspecified atom stereocenters. The maximum atomic E-state index is 12.1. The van der Waals surface area contributed by atoms with Gasteiger partial charge in [-0.05, 0) is 30.3 Å². The highest BCUT2D eigenvalue weighted by Gasteiger charge is 2.32. The zero-order valence-corrected chi connectivity index (χ0v) is 12.2. The Labute approximate surface area is 130 Å². The van der Waals surface area contributed by atoms with Crippen LogP contribution >= 0.6 is 11.6 Å². The van der Waals surface area contributed by atoms with Gasteiger partial charge in [-0.15, -0.1) is 0 Å². The lowest BCUT2D eigenvalue weighted by Gasteiger charge is -2.07. The van der Waals surface area contributed by atoms with E-state index in [9.17, 15) is 14.4 Å². The maximum absolute atomic E-state index is 12.1. The number of hydrogen-bond acceptors (Lipinski definition) is 4. The fourth-order valence-electron chi connectivity index (χ4n) is 2.19. The van der Waals surface area contributed by atoms with Gasteiger partial charge in [-0.1, -0.05) is 11.6 Å². The summed E-state index contributed by atoms with van der Waals surface area (Å²) >= 11 is 5.86. The van der Waals surface area contributed by atoms with Crippen LogP contribution in [0.5, 0.6) is 0 Å². The highest BCUT2D eigenvalue weighted by Crippen LogP contribution is 2.25. The lowest BCUT2D eigenvalue weighted by Crippen LogP contribution is -2.24. The van der Waals surface area contributed by atoms with E-state index in [1.807, 2.05) is 0 Å². The highest BCUT2D eigenvalue weighted by molar-refractivity contribution is 6.33. The molecule has 6 nitrogen and oxygen atoms in total. The van der Waals surface area contributed by atoms with E-state index in [4.69, 9.17) is 11.6 Å². The van der Waals surface area contributed by atoms with Gasteiger partial charge in [0.05, 0.1) is 16.7 Å². The van der Waals surface area contributed by atoms with Gasteiger partial charge in [-0.25, -0.2) is 4.98 Å². The van der Waals surface area contributed by atoms with E-state index in [1.54, 1.807) is 18.2 Å². The Morgan fingerprint density at radius 1 is 1.18 bits per heavy atom. The monoisotopic (exact) mass is 315 g/mol. The van der Waals surface area contributed by atoms with E-state index in [1.165, 1.54) is 25.4 Å². The number of rotatable bonds is 2. The molecule has 3 rings (SSSR count). The minimum atomic E-state index is -0.442. The number of imide groups is 1. The number of benzene rings is 1. The largest absolute Gasteiger partial charge is 0.322 e. The molecule has 0 spiro atoms. The third-order valence-corrected chi connectivity index (χ3v) is 3.65. The summed E-state index contributed by atoms with van der Waals surface area (Å²) in [4.78, 5) is 40.7. The van der Waals surface area contributed by atoms with Crippen molar-refractivity contribution in [2.24, 2.45) is 0 Å². The molecule has 0 aliphatic carbocycles. The molecule has 3 amide bonds.